The number of alkyl halides is 3. The maximum atomic E-state index is 13.0. The van der Waals surface area contributed by atoms with Crippen LogP contribution in [0.15, 0.2) is 78.9 Å². The van der Waals surface area contributed by atoms with E-state index in [1.165, 1.54) is 12.1 Å². The summed E-state index contributed by atoms with van der Waals surface area (Å²) in [4.78, 5) is 13.5. The molecule has 6 heteroatoms. The third-order valence-electron chi connectivity index (χ3n) is 6.35. The highest BCUT2D eigenvalue weighted by Gasteiger charge is 2.33. The van der Waals surface area contributed by atoms with E-state index in [0.29, 0.717) is 19.5 Å². The molecule has 1 saturated heterocycles. The van der Waals surface area contributed by atoms with Gasteiger partial charge >= 0.3 is 12.1 Å². The number of hydrogen-bond donors (Lipinski definition) is 1. The SMILES string of the molecule is O=C(O)CC1CCN(Cc2ccc(-c3ccccc3)cc2)C(c2ccc(C(F)(F)F)cc2)C1. The lowest BCUT2D eigenvalue weighted by atomic mass is 9.84. The van der Waals surface area contributed by atoms with Crippen LogP contribution in [0, 0.1) is 5.92 Å². The van der Waals surface area contributed by atoms with Crippen molar-refractivity contribution in [3.63, 3.8) is 0 Å². The van der Waals surface area contributed by atoms with Gasteiger partial charge in [-0.05, 0) is 59.7 Å². The summed E-state index contributed by atoms with van der Waals surface area (Å²) < 4.78 is 39.0. The van der Waals surface area contributed by atoms with Gasteiger partial charge in [0.25, 0.3) is 0 Å². The fourth-order valence-electron chi connectivity index (χ4n) is 4.62. The highest BCUT2D eigenvalue weighted by Crippen LogP contribution is 2.38. The molecule has 0 radical (unpaired) electrons. The Hall–Kier alpha value is -3.12. The van der Waals surface area contributed by atoms with Crippen molar-refractivity contribution in [1.82, 2.24) is 4.90 Å². The zero-order chi connectivity index (χ0) is 23.4. The van der Waals surface area contributed by atoms with Crippen molar-refractivity contribution in [3.05, 3.63) is 95.6 Å². The van der Waals surface area contributed by atoms with Gasteiger partial charge in [-0.3, -0.25) is 9.69 Å². The predicted octanol–water partition coefficient (Wildman–Crippen LogP) is 6.80. The van der Waals surface area contributed by atoms with Crippen LogP contribution in [0.4, 0.5) is 13.2 Å². The first-order valence-corrected chi connectivity index (χ1v) is 11.1. The predicted molar refractivity (Wildman–Crippen MR) is 121 cm³/mol. The van der Waals surface area contributed by atoms with Crippen LogP contribution in [0.3, 0.4) is 0 Å². The van der Waals surface area contributed by atoms with Gasteiger partial charge in [-0.25, -0.2) is 0 Å². The van der Waals surface area contributed by atoms with Gasteiger partial charge < -0.3 is 5.11 Å². The largest absolute Gasteiger partial charge is 0.481 e. The fourth-order valence-corrected chi connectivity index (χ4v) is 4.62. The molecule has 4 rings (SSSR count). The van der Waals surface area contributed by atoms with E-state index in [4.69, 9.17) is 0 Å². The maximum absolute atomic E-state index is 13.0. The van der Waals surface area contributed by atoms with Crippen molar-refractivity contribution < 1.29 is 23.1 Å². The molecule has 1 heterocycles. The van der Waals surface area contributed by atoms with Crippen LogP contribution in [0.1, 0.15) is 42.0 Å². The Kier molecular flexibility index (Phi) is 6.84. The second-order valence-electron chi connectivity index (χ2n) is 8.66. The summed E-state index contributed by atoms with van der Waals surface area (Å²) in [7, 11) is 0. The van der Waals surface area contributed by atoms with Gasteiger partial charge in [-0.15, -0.1) is 0 Å². The zero-order valence-electron chi connectivity index (χ0n) is 18.1. The Bertz CT molecular complexity index is 1060. The quantitative estimate of drug-likeness (QED) is 0.446. The van der Waals surface area contributed by atoms with Crippen molar-refractivity contribution in [2.45, 2.75) is 38.0 Å². The molecule has 1 N–H and O–H groups in total. The third kappa shape index (κ3) is 5.82. The molecule has 3 aromatic rings. The first-order chi connectivity index (χ1) is 15.8. The molecule has 172 valence electrons. The molecule has 1 fully saturated rings. The molecule has 0 spiro atoms. The van der Waals surface area contributed by atoms with E-state index in [0.717, 1.165) is 40.8 Å². The van der Waals surface area contributed by atoms with Gasteiger partial charge in [-0.2, -0.15) is 13.2 Å². The minimum Gasteiger partial charge on any atom is -0.481 e. The van der Waals surface area contributed by atoms with E-state index < -0.39 is 17.7 Å². The number of piperidine rings is 1. The van der Waals surface area contributed by atoms with E-state index in [1.54, 1.807) is 0 Å². The van der Waals surface area contributed by atoms with E-state index in [9.17, 15) is 23.1 Å². The smallest absolute Gasteiger partial charge is 0.416 e. The molecule has 2 atom stereocenters. The summed E-state index contributed by atoms with van der Waals surface area (Å²) in [6.45, 7) is 1.35. The summed E-state index contributed by atoms with van der Waals surface area (Å²) in [5.41, 5.74) is 3.49. The van der Waals surface area contributed by atoms with Crippen LogP contribution in [0.25, 0.3) is 11.1 Å². The lowest BCUT2D eigenvalue weighted by Crippen LogP contribution is -2.37. The monoisotopic (exact) mass is 453 g/mol. The lowest BCUT2D eigenvalue weighted by molar-refractivity contribution is -0.139. The van der Waals surface area contributed by atoms with E-state index >= 15 is 0 Å². The minimum absolute atomic E-state index is 0.00602. The topological polar surface area (TPSA) is 40.5 Å². The number of aliphatic carboxylic acids is 1. The molecular formula is C27H26F3NO2. The number of halogens is 3. The van der Waals surface area contributed by atoms with Crippen molar-refractivity contribution >= 4 is 5.97 Å². The van der Waals surface area contributed by atoms with E-state index in [1.807, 2.05) is 18.2 Å². The number of carboxylic acid groups (broad SMARTS) is 1. The average Bonchev–Trinajstić information content (AvgIpc) is 2.80. The zero-order valence-corrected chi connectivity index (χ0v) is 18.1. The number of rotatable bonds is 6. The highest BCUT2D eigenvalue weighted by atomic mass is 19.4. The third-order valence-corrected chi connectivity index (χ3v) is 6.35. The van der Waals surface area contributed by atoms with Gasteiger partial charge in [0.1, 0.15) is 0 Å². The summed E-state index contributed by atoms with van der Waals surface area (Å²) in [6.07, 6.45) is -2.93. The van der Waals surface area contributed by atoms with Crippen molar-refractivity contribution in [1.29, 1.82) is 0 Å². The number of likely N-dealkylation sites (tertiary alicyclic amines) is 1. The van der Waals surface area contributed by atoms with Crippen LogP contribution < -0.4 is 0 Å². The first kappa shape index (κ1) is 23.1. The summed E-state index contributed by atoms with van der Waals surface area (Å²) >= 11 is 0. The molecule has 0 bridgehead atoms. The number of nitrogens with zero attached hydrogens (tertiary/aromatic N) is 1. The summed E-state index contributed by atoms with van der Waals surface area (Å²) in [5.74, 6) is -0.831. The van der Waals surface area contributed by atoms with Crippen molar-refractivity contribution in [3.8, 4) is 11.1 Å². The second-order valence-corrected chi connectivity index (χ2v) is 8.66. The summed E-state index contributed by atoms with van der Waals surface area (Å²) in [5, 5.41) is 9.23. The minimum atomic E-state index is -4.38. The fraction of sp³-hybridized carbons (Fsp3) is 0.296. The van der Waals surface area contributed by atoms with Crippen LogP contribution in [-0.2, 0) is 17.5 Å². The Morgan fingerprint density at radius 3 is 2.15 bits per heavy atom. The normalized spacial score (nSPS) is 19.4. The average molecular weight is 454 g/mol. The van der Waals surface area contributed by atoms with Gasteiger partial charge in [0.2, 0.25) is 0 Å². The Balaban J connectivity index is 1.54. The number of hydrogen-bond acceptors (Lipinski definition) is 2. The molecule has 3 aromatic carbocycles. The van der Waals surface area contributed by atoms with Crippen molar-refractivity contribution in [2.24, 2.45) is 5.92 Å². The van der Waals surface area contributed by atoms with Crippen LogP contribution in [0.2, 0.25) is 0 Å². The maximum Gasteiger partial charge on any atom is 0.416 e. The standard InChI is InChI=1S/C27H26F3NO2/c28-27(29,30)24-12-10-23(11-13-24)25-16-20(17-26(32)33)14-15-31(25)18-19-6-8-22(9-7-19)21-4-2-1-3-5-21/h1-13,20,25H,14-18H2,(H,32,33). The van der Waals surface area contributed by atoms with Gasteiger partial charge in [0, 0.05) is 19.0 Å². The van der Waals surface area contributed by atoms with Crippen LogP contribution >= 0.6 is 0 Å². The number of carboxylic acids is 1. The Morgan fingerprint density at radius 1 is 0.909 bits per heavy atom. The van der Waals surface area contributed by atoms with Crippen LogP contribution in [0.5, 0.6) is 0 Å². The molecule has 1 aliphatic rings. The molecule has 2 unspecified atom stereocenters. The molecule has 33 heavy (non-hydrogen) atoms. The van der Waals surface area contributed by atoms with E-state index in [-0.39, 0.29) is 18.4 Å². The van der Waals surface area contributed by atoms with E-state index in [2.05, 4.69) is 41.3 Å². The summed E-state index contributed by atoms with van der Waals surface area (Å²) in [6, 6.07) is 23.6. The van der Waals surface area contributed by atoms with Crippen molar-refractivity contribution in [2.75, 3.05) is 6.54 Å². The van der Waals surface area contributed by atoms with Crippen LogP contribution in [-0.4, -0.2) is 22.5 Å². The molecule has 0 aliphatic carbocycles. The Labute approximate surface area is 191 Å². The van der Waals surface area contributed by atoms with Gasteiger partial charge in [0.15, 0.2) is 0 Å². The van der Waals surface area contributed by atoms with Gasteiger partial charge in [0.05, 0.1) is 5.56 Å². The lowest BCUT2D eigenvalue weighted by Gasteiger charge is -2.39. The molecule has 3 nitrogen and oxygen atoms in total. The van der Waals surface area contributed by atoms with Gasteiger partial charge in [-0.1, -0.05) is 66.7 Å². The molecule has 0 amide bonds. The highest BCUT2D eigenvalue weighted by molar-refractivity contribution is 5.67. The molecule has 1 aliphatic heterocycles. The molecule has 0 saturated carbocycles. The molecule has 0 aromatic heterocycles. The first-order valence-electron chi connectivity index (χ1n) is 11.1. The second kappa shape index (κ2) is 9.79. The number of carbonyl (C=O) groups is 1. The Morgan fingerprint density at radius 2 is 1.55 bits per heavy atom. The number of benzene rings is 3. The molecular weight excluding hydrogens is 427 g/mol.